The van der Waals surface area contributed by atoms with Gasteiger partial charge >= 0.3 is 0 Å². The molecule has 1 rings (SSSR count). The number of aliphatic hydroxyl groups excluding tert-OH is 1. The molecule has 1 aromatic carbocycles. The first-order valence-corrected chi connectivity index (χ1v) is 6.18. The van der Waals surface area contributed by atoms with Crippen LogP contribution in [-0.4, -0.2) is 17.6 Å². The van der Waals surface area contributed by atoms with E-state index in [4.69, 9.17) is 4.74 Å². The molecule has 0 saturated heterocycles. The molecule has 1 aromatic rings. The summed E-state index contributed by atoms with van der Waals surface area (Å²) in [5.74, 6) is -0.392. The zero-order valence-electron chi connectivity index (χ0n) is 10.9. The van der Waals surface area contributed by atoms with Gasteiger partial charge in [0.05, 0.1) is 12.2 Å². The van der Waals surface area contributed by atoms with Crippen LogP contribution in [0.3, 0.4) is 0 Å². The van der Waals surface area contributed by atoms with Crippen LogP contribution in [0.2, 0.25) is 0 Å². The predicted octanol–water partition coefficient (Wildman–Crippen LogP) is 3.80. The third kappa shape index (κ3) is 3.95. The highest BCUT2D eigenvalue weighted by Gasteiger charge is 2.24. The molecular weight excluding hydrogens is 238 g/mol. The van der Waals surface area contributed by atoms with Crippen LogP contribution in [0.5, 0.6) is 5.75 Å². The summed E-state index contributed by atoms with van der Waals surface area (Å²) in [5, 5.41) is 9.76. The van der Waals surface area contributed by atoms with E-state index in [1.807, 2.05) is 13.8 Å². The number of ether oxygens (including phenoxy) is 1. The summed E-state index contributed by atoms with van der Waals surface area (Å²) in [6.45, 7) is 5.31. The predicted molar refractivity (Wildman–Crippen MR) is 67.0 cm³/mol. The number of aliphatic hydroxyl groups is 1. The Labute approximate surface area is 107 Å². The van der Waals surface area contributed by atoms with E-state index in [2.05, 4.69) is 0 Å². The molecule has 0 aliphatic carbocycles. The van der Waals surface area contributed by atoms with Gasteiger partial charge in [0.25, 0.3) is 0 Å². The molecule has 1 N–H and O–H groups in total. The fourth-order valence-electron chi connectivity index (χ4n) is 1.50. The summed E-state index contributed by atoms with van der Waals surface area (Å²) in [6.07, 6.45) is -2.67. The van der Waals surface area contributed by atoms with Crippen LogP contribution in [0.1, 0.15) is 38.9 Å². The Kier molecular flexibility index (Phi) is 5.54. The Hall–Kier alpha value is -1.16. The van der Waals surface area contributed by atoms with Gasteiger partial charge in [-0.1, -0.05) is 26.0 Å². The topological polar surface area (TPSA) is 29.5 Å². The molecule has 2 nitrogen and oxygen atoms in total. The minimum Gasteiger partial charge on any atom is -0.491 e. The third-order valence-corrected chi connectivity index (χ3v) is 3.03. The SMILES string of the molecule is CCC(C)Oc1ccc(C(O)C(C)C(F)F)cc1. The lowest BCUT2D eigenvalue weighted by molar-refractivity contribution is 0.000614. The molecule has 4 heteroatoms. The summed E-state index contributed by atoms with van der Waals surface area (Å²) < 4.78 is 30.5. The van der Waals surface area contributed by atoms with Gasteiger partial charge in [-0.3, -0.25) is 0 Å². The van der Waals surface area contributed by atoms with Crippen LogP contribution in [0.4, 0.5) is 8.78 Å². The first kappa shape index (κ1) is 14.9. The van der Waals surface area contributed by atoms with Crippen LogP contribution in [0.15, 0.2) is 24.3 Å². The molecule has 0 aliphatic heterocycles. The van der Waals surface area contributed by atoms with E-state index in [1.165, 1.54) is 6.92 Å². The molecule has 3 unspecified atom stereocenters. The number of halogens is 2. The molecule has 3 atom stereocenters. The molecule has 18 heavy (non-hydrogen) atoms. The van der Waals surface area contributed by atoms with Crippen molar-refractivity contribution < 1.29 is 18.6 Å². The van der Waals surface area contributed by atoms with Gasteiger partial charge in [-0.15, -0.1) is 0 Å². The fraction of sp³-hybridized carbons (Fsp3) is 0.571. The van der Waals surface area contributed by atoms with Crippen LogP contribution in [0.25, 0.3) is 0 Å². The van der Waals surface area contributed by atoms with Crippen molar-refractivity contribution in [2.75, 3.05) is 0 Å². The molecule has 0 bridgehead atoms. The standard InChI is InChI=1S/C14H20F2O2/c1-4-9(2)18-12-7-5-11(6-8-12)13(17)10(3)14(15)16/h5-10,13-14,17H,4H2,1-3H3. The van der Waals surface area contributed by atoms with E-state index in [-0.39, 0.29) is 6.10 Å². The first-order valence-electron chi connectivity index (χ1n) is 6.18. The Morgan fingerprint density at radius 1 is 1.17 bits per heavy atom. The molecule has 102 valence electrons. The Bertz CT molecular complexity index is 351. The highest BCUT2D eigenvalue weighted by molar-refractivity contribution is 5.29. The monoisotopic (exact) mass is 258 g/mol. The Balaban J connectivity index is 2.70. The van der Waals surface area contributed by atoms with Crippen molar-refractivity contribution in [3.05, 3.63) is 29.8 Å². The van der Waals surface area contributed by atoms with Gasteiger partial charge in [-0.05, 0) is 31.0 Å². The number of alkyl halides is 2. The van der Waals surface area contributed by atoms with E-state index < -0.39 is 18.4 Å². The normalized spacial score (nSPS) is 16.4. The van der Waals surface area contributed by atoms with Crippen molar-refractivity contribution in [3.8, 4) is 5.75 Å². The molecule has 0 amide bonds. The molecular formula is C14H20F2O2. The van der Waals surface area contributed by atoms with E-state index in [0.717, 1.165) is 6.42 Å². The van der Waals surface area contributed by atoms with Crippen molar-refractivity contribution in [1.82, 2.24) is 0 Å². The Morgan fingerprint density at radius 3 is 2.17 bits per heavy atom. The maximum atomic E-state index is 12.5. The minimum atomic E-state index is -2.53. The highest BCUT2D eigenvalue weighted by atomic mass is 19.3. The second-order valence-corrected chi connectivity index (χ2v) is 4.54. The van der Waals surface area contributed by atoms with Gasteiger partial charge in [0, 0.05) is 5.92 Å². The molecule has 0 saturated carbocycles. The van der Waals surface area contributed by atoms with Crippen molar-refractivity contribution >= 4 is 0 Å². The molecule has 0 aliphatic rings. The molecule has 0 fully saturated rings. The van der Waals surface area contributed by atoms with E-state index >= 15 is 0 Å². The minimum absolute atomic E-state index is 0.112. The van der Waals surface area contributed by atoms with Crippen molar-refractivity contribution in [2.45, 2.75) is 45.8 Å². The molecule has 0 heterocycles. The maximum absolute atomic E-state index is 12.5. The summed E-state index contributed by atoms with van der Waals surface area (Å²) in [5.41, 5.74) is 0.485. The number of rotatable bonds is 6. The third-order valence-electron chi connectivity index (χ3n) is 3.03. The number of hydrogen-bond acceptors (Lipinski definition) is 2. The highest BCUT2D eigenvalue weighted by Crippen LogP contribution is 2.28. The molecule has 0 radical (unpaired) electrons. The van der Waals surface area contributed by atoms with Crippen LogP contribution < -0.4 is 4.74 Å². The summed E-state index contributed by atoms with van der Waals surface area (Å²) >= 11 is 0. The van der Waals surface area contributed by atoms with Crippen LogP contribution >= 0.6 is 0 Å². The van der Waals surface area contributed by atoms with Crippen molar-refractivity contribution in [3.63, 3.8) is 0 Å². The van der Waals surface area contributed by atoms with Gasteiger partial charge in [0.1, 0.15) is 5.75 Å². The lowest BCUT2D eigenvalue weighted by Crippen LogP contribution is -2.17. The lowest BCUT2D eigenvalue weighted by Gasteiger charge is -2.19. The number of benzene rings is 1. The van der Waals surface area contributed by atoms with Crippen LogP contribution in [-0.2, 0) is 0 Å². The van der Waals surface area contributed by atoms with Crippen molar-refractivity contribution in [1.29, 1.82) is 0 Å². The smallest absolute Gasteiger partial charge is 0.243 e. The van der Waals surface area contributed by atoms with Gasteiger partial charge < -0.3 is 9.84 Å². The average molecular weight is 258 g/mol. The van der Waals surface area contributed by atoms with Gasteiger partial charge in [-0.2, -0.15) is 0 Å². The van der Waals surface area contributed by atoms with Gasteiger partial charge in [-0.25, -0.2) is 8.78 Å². The zero-order valence-corrected chi connectivity index (χ0v) is 10.9. The Morgan fingerprint density at radius 2 is 1.72 bits per heavy atom. The zero-order chi connectivity index (χ0) is 13.7. The fourth-order valence-corrected chi connectivity index (χ4v) is 1.50. The van der Waals surface area contributed by atoms with Crippen LogP contribution in [0, 0.1) is 5.92 Å². The molecule has 0 aromatic heterocycles. The summed E-state index contributed by atoms with van der Waals surface area (Å²) in [6, 6.07) is 6.65. The maximum Gasteiger partial charge on any atom is 0.243 e. The summed E-state index contributed by atoms with van der Waals surface area (Å²) in [4.78, 5) is 0. The van der Waals surface area contributed by atoms with E-state index in [0.29, 0.717) is 11.3 Å². The van der Waals surface area contributed by atoms with E-state index in [1.54, 1.807) is 24.3 Å². The average Bonchev–Trinajstić information content (AvgIpc) is 2.37. The largest absolute Gasteiger partial charge is 0.491 e. The first-order chi connectivity index (χ1) is 8.45. The number of hydrogen-bond donors (Lipinski definition) is 1. The molecule has 0 spiro atoms. The quantitative estimate of drug-likeness (QED) is 0.841. The van der Waals surface area contributed by atoms with E-state index in [9.17, 15) is 13.9 Å². The van der Waals surface area contributed by atoms with Gasteiger partial charge in [0.15, 0.2) is 0 Å². The van der Waals surface area contributed by atoms with Crippen molar-refractivity contribution in [2.24, 2.45) is 5.92 Å². The van der Waals surface area contributed by atoms with Gasteiger partial charge in [0.2, 0.25) is 6.43 Å². The summed E-state index contributed by atoms with van der Waals surface area (Å²) in [7, 11) is 0. The second-order valence-electron chi connectivity index (χ2n) is 4.54. The lowest BCUT2D eigenvalue weighted by atomic mass is 9.98. The second kappa shape index (κ2) is 6.69.